The van der Waals surface area contributed by atoms with Gasteiger partial charge in [-0.05, 0) is 51.7 Å². The van der Waals surface area contributed by atoms with E-state index >= 15 is 0 Å². The fourth-order valence-corrected chi connectivity index (χ4v) is 6.38. The van der Waals surface area contributed by atoms with Crippen LogP contribution in [-0.4, -0.2) is 86.8 Å². The summed E-state index contributed by atoms with van der Waals surface area (Å²) in [5, 5.41) is 28.2. The van der Waals surface area contributed by atoms with Gasteiger partial charge in [-0.1, -0.05) is 66.7 Å². The minimum absolute atomic E-state index is 0.110. The van der Waals surface area contributed by atoms with Crippen molar-refractivity contribution in [3.8, 4) is 17.2 Å². The van der Waals surface area contributed by atoms with Crippen LogP contribution in [0.4, 0.5) is 4.79 Å². The van der Waals surface area contributed by atoms with Crippen LogP contribution in [0.5, 0.6) is 17.2 Å². The van der Waals surface area contributed by atoms with E-state index in [-0.39, 0.29) is 55.9 Å². The van der Waals surface area contributed by atoms with E-state index in [4.69, 9.17) is 4.74 Å². The van der Waals surface area contributed by atoms with E-state index in [1.54, 1.807) is 34.1 Å². The monoisotopic (exact) mass is 635 g/mol. The standard InChI is InChI=1S/C36H37N5O6/c1-3-17-39(36(46)37-20-24-11-14-28(47-2)15-12-24)40-23-34(44)41-30(18-25-13-16-31(42)32(43)19-25)35(45)38(22-33(40)41)21-27-9-6-8-26-7-4-5-10-29(26)27/h3-16,19,30,33,42-43H,1,17-18,20-23H2,2H3,(H,37,46)/t30-,33+/m0/s1. The molecule has 2 aliphatic rings. The first-order valence-electron chi connectivity index (χ1n) is 15.4. The number of nitrogens with zero attached hydrogens (tertiary/aromatic N) is 4. The minimum Gasteiger partial charge on any atom is -0.504 e. The molecule has 4 aromatic carbocycles. The molecular formula is C36H37N5O6. The summed E-state index contributed by atoms with van der Waals surface area (Å²) in [7, 11) is 1.59. The second-order valence-corrected chi connectivity index (χ2v) is 11.7. The number of methoxy groups -OCH3 is 1. The average Bonchev–Trinajstić information content (AvgIpc) is 3.41. The van der Waals surface area contributed by atoms with Crippen LogP contribution in [0.25, 0.3) is 10.8 Å². The number of hydrogen-bond donors (Lipinski definition) is 3. The van der Waals surface area contributed by atoms with E-state index < -0.39 is 18.2 Å². The summed E-state index contributed by atoms with van der Waals surface area (Å²) in [6, 6.07) is 24.4. The summed E-state index contributed by atoms with van der Waals surface area (Å²) in [5.41, 5.74) is 2.41. The van der Waals surface area contributed by atoms with Crippen molar-refractivity contribution in [2.45, 2.75) is 31.7 Å². The van der Waals surface area contributed by atoms with Gasteiger partial charge in [-0.2, -0.15) is 5.01 Å². The van der Waals surface area contributed by atoms with E-state index in [0.717, 1.165) is 21.9 Å². The van der Waals surface area contributed by atoms with Crippen molar-refractivity contribution in [1.29, 1.82) is 0 Å². The first-order chi connectivity index (χ1) is 22.8. The van der Waals surface area contributed by atoms with Gasteiger partial charge in [0.25, 0.3) is 0 Å². The average molecular weight is 636 g/mol. The van der Waals surface area contributed by atoms with Gasteiger partial charge in [0.05, 0.1) is 26.7 Å². The molecule has 0 spiro atoms. The van der Waals surface area contributed by atoms with Crippen molar-refractivity contribution in [1.82, 2.24) is 25.1 Å². The van der Waals surface area contributed by atoms with Gasteiger partial charge in [-0.3, -0.25) is 14.6 Å². The number of carbonyl (C=O) groups excluding carboxylic acids is 3. The number of fused-ring (bicyclic) bond motifs is 2. The predicted octanol–water partition coefficient (Wildman–Crippen LogP) is 4.00. The van der Waals surface area contributed by atoms with Crippen LogP contribution in [0, 0.1) is 0 Å². The summed E-state index contributed by atoms with van der Waals surface area (Å²) < 4.78 is 5.22. The fourth-order valence-electron chi connectivity index (χ4n) is 6.38. The molecule has 2 aliphatic heterocycles. The second-order valence-electron chi connectivity index (χ2n) is 11.7. The molecule has 6 rings (SSSR count). The molecule has 11 nitrogen and oxygen atoms in total. The molecule has 0 aliphatic carbocycles. The van der Waals surface area contributed by atoms with Crippen molar-refractivity contribution in [3.63, 3.8) is 0 Å². The molecule has 4 amide bonds. The highest BCUT2D eigenvalue weighted by Gasteiger charge is 2.52. The molecule has 2 heterocycles. The number of benzene rings is 4. The van der Waals surface area contributed by atoms with Gasteiger partial charge in [-0.15, -0.1) is 6.58 Å². The Balaban J connectivity index is 1.31. The molecule has 47 heavy (non-hydrogen) atoms. The topological polar surface area (TPSA) is 126 Å². The normalized spacial score (nSPS) is 17.9. The second kappa shape index (κ2) is 13.4. The van der Waals surface area contributed by atoms with E-state index in [9.17, 15) is 24.6 Å². The van der Waals surface area contributed by atoms with Crippen LogP contribution >= 0.6 is 0 Å². The molecule has 0 saturated carbocycles. The highest BCUT2D eigenvalue weighted by Crippen LogP contribution is 2.33. The Labute approximate surface area is 272 Å². The molecule has 11 heteroatoms. The summed E-state index contributed by atoms with van der Waals surface area (Å²) in [4.78, 5) is 44.9. The van der Waals surface area contributed by atoms with Gasteiger partial charge in [0.1, 0.15) is 18.0 Å². The SMILES string of the molecule is C=CCN(C(=O)NCc1ccc(OC)cc1)N1CC(=O)N2[C@@H](Cc3ccc(O)c(O)c3)C(=O)N(Cc3cccc4ccccc34)C[C@@H]21. The number of carbonyl (C=O) groups is 3. The fraction of sp³-hybridized carbons (Fsp3) is 0.250. The number of urea groups is 1. The summed E-state index contributed by atoms with van der Waals surface area (Å²) in [5.74, 6) is -0.409. The maximum atomic E-state index is 14.2. The molecule has 0 aromatic heterocycles. The zero-order chi connectivity index (χ0) is 33.1. The molecule has 2 fully saturated rings. The first kappa shape index (κ1) is 31.4. The first-order valence-corrected chi connectivity index (χ1v) is 15.4. The van der Waals surface area contributed by atoms with Gasteiger partial charge < -0.3 is 30.1 Å². The van der Waals surface area contributed by atoms with Crippen LogP contribution in [0.1, 0.15) is 16.7 Å². The maximum Gasteiger partial charge on any atom is 0.332 e. The van der Waals surface area contributed by atoms with Gasteiger partial charge in [-0.25, -0.2) is 4.79 Å². The third kappa shape index (κ3) is 6.43. The number of hydrogen-bond acceptors (Lipinski definition) is 7. The Bertz CT molecular complexity index is 1810. The zero-order valence-corrected chi connectivity index (χ0v) is 26.1. The summed E-state index contributed by atoms with van der Waals surface area (Å²) in [6.07, 6.45) is 1.07. The number of ether oxygens (including phenoxy) is 1. The molecular weight excluding hydrogens is 598 g/mol. The molecule has 0 radical (unpaired) electrons. The Kier molecular flexibility index (Phi) is 8.99. The third-order valence-electron chi connectivity index (χ3n) is 8.73. The molecule has 2 atom stereocenters. The number of aromatic hydroxyl groups is 2. The third-order valence-corrected chi connectivity index (χ3v) is 8.73. The quantitative estimate of drug-likeness (QED) is 0.178. The maximum absolute atomic E-state index is 14.2. The number of piperazine rings is 1. The van der Waals surface area contributed by atoms with Gasteiger partial charge >= 0.3 is 6.03 Å². The number of amides is 4. The Morgan fingerprint density at radius 2 is 1.74 bits per heavy atom. The van der Waals surface area contributed by atoms with Crippen LogP contribution in [0.15, 0.2) is 97.6 Å². The van der Waals surface area contributed by atoms with Crippen LogP contribution in [-0.2, 0) is 29.1 Å². The van der Waals surface area contributed by atoms with Crippen LogP contribution in [0.2, 0.25) is 0 Å². The largest absolute Gasteiger partial charge is 0.504 e. The smallest absolute Gasteiger partial charge is 0.332 e. The highest BCUT2D eigenvalue weighted by molar-refractivity contribution is 5.92. The van der Waals surface area contributed by atoms with Gasteiger partial charge in [0.2, 0.25) is 11.8 Å². The lowest BCUT2D eigenvalue weighted by Gasteiger charge is -2.46. The van der Waals surface area contributed by atoms with E-state index in [2.05, 4.69) is 11.9 Å². The molecule has 3 N–H and O–H groups in total. The molecule has 0 unspecified atom stereocenters. The molecule has 2 saturated heterocycles. The Hall–Kier alpha value is -5.55. The van der Waals surface area contributed by atoms with Crippen molar-refractivity contribution in [2.75, 3.05) is 26.7 Å². The van der Waals surface area contributed by atoms with Crippen LogP contribution < -0.4 is 10.1 Å². The number of nitrogens with one attached hydrogen (secondary N) is 1. The lowest BCUT2D eigenvalue weighted by atomic mass is 9.98. The highest BCUT2D eigenvalue weighted by atomic mass is 16.5. The lowest BCUT2D eigenvalue weighted by molar-refractivity contribution is -0.157. The molecule has 242 valence electrons. The summed E-state index contributed by atoms with van der Waals surface area (Å²) in [6.45, 7) is 4.60. The Morgan fingerprint density at radius 1 is 1.00 bits per heavy atom. The number of hydrazine groups is 1. The predicted molar refractivity (Wildman–Crippen MR) is 176 cm³/mol. The van der Waals surface area contributed by atoms with Crippen LogP contribution in [0.3, 0.4) is 0 Å². The minimum atomic E-state index is -0.905. The van der Waals surface area contributed by atoms with Crippen molar-refractivity contribution >= 4 is 28.6 Å². The van der Waals surface area contributed by atoms with Gasteiger partial charge in [0.15, 0.2) is 11.5 Å². The van der Waals surface area contributed by atoms with Crippen molar-refractivity contribution in [2.24, 2.45) is 0 Å². The summed E-state index contributed by atoms with van der Waals surface area (Å²) >= 11 is 0. The lowest BCUT2D eigenvalue weighted by Crippen LogP contribution is -2.66. The molecule has 4 aromatic rings. The number of phenols is 2. The van der Waals surface area contributed by atoms with Crippen molar-refractivity contribution < 1.29 is 29.3 Å². The van der Waals surface area contributed by atoms with Gasteiger partial charge in [0, 0.05) is 19.5 Å². The van der Waals surface area contributed by atoms with E-state index in [1.807, 2.05) is 66.7 Å². The van der Waals surface area contributed by atoms with Crippen molar-refractivity contribution in [3.05, 3.63) is 114 Å². The zero-order valence-electron chi connectivity index (χ0n) is 26.1. The van der Waals surface area contributed by atoms with E-state index in [0.29, 0.717) is 17.9 Å². The number of rotatable bonds is 10. The van der Waals surface area contributed by atoms with E-state index in [1.165, 1.54) is 17.1 Å². The molecule has 0 bridgehead atoms. The number of phenolic OH excluding ortho intramolecular Hbond substituents is 2. The Morgan fingerprint density at radius 3 is 2.49 bits per heavy atom.